The number of carbonyl (C=O) groups is 1. The average Bonchev–Trinajstić information content (AvgIpc) is 2.86. The van der Waals surface area contributed by atoms with E-state index in [0.717, 1.165) is 25.8 Å². The highest BCUT2D eigenvalue weighted by Gasteiger charge is 2.47. The molecule has 1 aliphatic carbocycles. The van der Waals surface area contributed by atoms with E-state index < -0.39 is 0 Å². The molecule has 1 saturated carbocycles. The molecule has 0 aromatic rings. The second-order valence-corrected chi connectivity index (χ2v) is 3.90. The van der Waals surface area contributed by atoms with E-state index in [4.69, 9.17) is 0 Å². The summed E-state index contributed by atoms with van der Waals surface area (Å²) in [5, 5.41) is 0. The van der Waals surface area contributed by atoms with Crippen molar-refractivity contribution in [3.8, 4) is 0 Å². The summed E-state index contributed by atoms with van der Waals surface area (Å²) in [5.74, 6) is -0.0829. The van der Waals surface area contributed by atoms with E-state index in [1.807, 2.05) is 0 Å². The van der Waals surface area contributed by atoms with Crippen LogP contribution in [0.15, 0.2) is 0 Å². The Labute approximate surface area is 80.1 Å². The number of esters is 1. The molecule has 3 nitrogen and oxygen atoms in total. The fourth-order valence-corrected chi connectivity index (χ4v) is 1.75. The molecule has 1 rings (SSSR count). The van der Waals surface area contributed by atoms with E-state index >= 15 is 0 Å². The molecule has 1 aliphatic rings. The van der Waals surface area contributed by atoms with Crippen molar-refractivity contribution in [3.63, 3.8) is 0 Å². The maximum Gasteiger partial charge on any atom is 0.307 e. The molecular weight excluding hydrogens is 166 g/mol. The van der Waals surface area contributed by atoms with Crippen LogP contribution >= 0.6 is 0 Å². The lowest BCUT2D eigenvalue weighted by Crippen LogP contribution is -2.36. The first-order valence-electron chi connectivity index (χ1n) is 4.92. The predicted octanol–water partition coefficient (Wildman–Crippen LogP) is 1.42. The van der Waals surface area contributed by atoms with Crippen LogP contribution in [0.5, 0.6) is 0 Å². The summed E-state index contributed by atoms with van der Waals surface area (Å²) in [7, 11) is 3.55. The molecular formula is C10H19NO2. The molecule has 1 fully saturated rings. The molecule has 0 amide bonds. The molecule has 3 heteroatoms. The molecule has 0 aromatic carbocycles. The molecule has 76 valence electrons. The molecule has 0 aromatic heterocycles. The molecule has 0 aliphatic heterocycles. The zero-order chi connectivity index (χ0) is 9.90. The molecule has 13 heavy (non-hydrogen) atoms. The third kappa shape index (κ3) is 2.44. The number of hydrogen-bond donors (Lipinski definition) is 0. The second kappa shape index (κ2) is 4.09. The standard InChI is InChI=1S/C10H19NO2/c1-4-7-11(2)10(5-6-10)8-9(12)13-3/h4-8H2,1-3H3. The smallest absolute Gasteiger partial charge is 0.307 e. The summed E-state index contributed by atoms with van der Waals surface area (Å²) in [4.78, 5) is 13.4. The van der Waals surface area contributed by atoms with Gasteiger partial charge in [-0.2, -0.15) is 0 Å². The van der Waals surface area contributed by atoms with Crippen LogP contribution in [0.2, 0.25) is 0 Å². The molecule has 0 N–H and O–H groups in total. The van der Waals surface area contributed by atoms with Crippen molar-refractivity contribution in [2.45, 2.75) is 38.1 Å². The Bertz CT molecular complexity index is 187. The van der Waals surface area contributed by atoms with Crippen LogP contribution in [0, 0.1) is 0 Å². The van der Waals surface area contributed by atoms with Crippen molar-refractivity contribution >= 4 is 5.97 Å². The monoisotopic (exact) mass is 185 g/mol. The quantitative estimate of drug-likeness (QED) is 0.607. The van der Waals surface area contributed by atoms with E-state index in [9.17, 15) is 4.79 Å². The van der Waals surface area contributed by atoms with Gasteiger partial charge in [0.25, 0.3) is 0 Å². The van der Waals surface area contributed by atoms with Gasteiger partial charge in [-0.1, -0.05) is 6.92 Å². The molecule has 0 radical (unpaired) electrons. The number of ether oxygens (including phenoxy) is 1. The Morgan fingerprint density at radius 2 is 2.15 bits per heavy atom. The largest absolute Gasteiger partial charge is 0.469 e. The zero-order valence-corrected chi connectivity index (χ0v) is 8.80. The van der Waals surface area contributed by atoms with E-state index in [0.29, 0.717) is 6.42 Å². The van der Waals surface area contributed by atoms with Gasteiger partial charge < -0.3 is 9.64 Å². The van der Waals surface area contributed by atoms with Crippen molar-refractivity contribution in [2.75, 3.05) is 20.7 Å². The van der Waals surface area contributed by atoms with Gasteiger partial charge in [0.15, 0.2) is 0 Å². The minimum atomic E-state index is -0.0829. The third-order valence-electron chi connectivity index (χ3n) is 2.90. The van der Waals surface area contributed by atoms with Crippen LogP contribution in [0.25, 0.3) is 0 Å². The van der Waals surface area contributed by atoms with Gasteiger partial charge in [0.05, 0.1) is 13.5 Å². The molecule has 0 spiro atoms. The normalized spacial score (nSPS) is 18.8. The highest BCUT2D eigenvalue weighted by Crippen LogP contribution is 2.44. The van der Waals surface area contributed by atoms with Gasteiger partial charge in [0, 0.05) is 5.54 Å². The summed E-state index contributed by atoms with van der Waals surface area (Å²) >= 11 is 0. The lowest BCUT2D eigenvalue weighted by Gasteiger charge is -2.26. The molecule has 0 atom stereocenters. The van der Waals surface area contributed by atoms with Crippen LogP contribution < -0.4 is 0 Å². The Hall–Kier alpha value is -0.570. The van der Waals surface area contributed by atoms with Gasteiger partial charge in [-0.25, -0.2) is 0 Å². The summed E-state index contributed by atoms with van der Waals surface area (Å²) in [6.45, 7) is 3.22. The van der Waals surface area contributed by atoms with Gasteiger partial charge in [0.2, 0.25) is 0 Å². The lowest BCUT2D eigenvalue weighted by atomic mass is 10.1. The maximum absolute atomic E-state index is 11.1. The number of rotatable bonds is 5. The van der Waals surface area contributed by atoms with E-state index in [1.54, 1.807) is 0 Å². The van der Waals surface area contributed by atoms with Crippen molar-refractivity contribution < 1.29 is 9.53 Å². The minimum absolute atomic E-state index is 0.0829. The maximum atomic E-state index is 11.1. The number of hydrogen-bond acceptors (Lipinski definition) is 3. The number of methoxy groups -OCH3 is 1. The molecule has 0 heterocycles. The van der Waals surface area contributed by atoms with Gasteiger partial charge in [-0.05, 0) is 32.9 Å². The van der Waals surface area contributed by atoms with E-state index in [1.165, 1.54) is 7.11 Å². The Kier molecular flexibility index (Phi) is 3.31. The lowest BCUT2D eigenvalue weighted by molar-refractivity contribution is -0.142. The summed E-state index contributed by atoms with van der Waals surface area (Å²) in [6, 6.07) is 0. The Morgan fingerprint density at radius 1 is 1.54 bits per heavy atom. The number of nitrogens with zero attached hydrogens (tertiary/aromatic N) is 1. The van der Waals surface area contributed by atoms with Gasteiger partial charge >= 0.3 is 5.97 Å². The van der Waals surface area contributed by atoms with Crippen LogP contribution in [0.4, 0.5) is 0 Å². The Morgan fingerprint density at radius 3 is 2.54 bits per heavy atom. The van der Waals surface area contributed by atoms with Gasteiger partial charge in [-0.15, -0.1) is 0 Å². The van der Waals surface area contributed by atoms with Crippen molar-refractivity contribution in [1.82, 2.24) is 4.90 Å². The predicted molar refractivity (Wildman–Crippen MR) is 51.5 cm³/mol. The van der Waals surface area contributed by atoms with E-state index in [-0.39, 0.29) is 11.5 Å². The van der Waals surface area contributed by atoms with E-state index in [2.05, 4.69) is 23.6 Å². The van der Waals surface area contributed by atoms with Crippen molar-refractivity contribution in [2.24, 2.45) is 0 Å². The highest BCUT2D eigenvalue weighted by molar-refractivity contribution is 5.71. The molecule has 0 saturated heterocycles. The van der Waals surface area contributed by atoms with Crippen LogP contribution in [-0.4, -0.2) is 37.1 Å². The Balaban J connectivity index is 2.41. The first kappa shape index (κ1) is 10.5. The summed E-state index contributed by atoms with van der Waals surface area (Å²) in [5.41, 5.74) is 0.142. The SMILES string of the molecule is CCCN(C)C1(CC(=O)OC)CC1. The first-order valence-corrected chi connectivity index (χ1v) is 4.92. The second-order valence-electron chi connectivity index (χ2n) is 3.90. The van der Waals surface area contributed by atoms with Crippen LogP contribution in [0.3, 0.4) is 0 Å². The fraction of sp³-hybridized carbons (Fsp3) is 0.900. The topological polar surface area (TPSA) is 29.5 Å². The molecule has 0 bridgehead atoms. The van der Waals surface area contributed by atoms with Gasteiger partial charge in [0.1, 0.15) is 0 Å². The summed E-state index contributed by atoms with van der Waals surface area (Å²) in [6.07, 6.45) is 3.97. The van der Waals surface area contributed by atoms with Crippen LogP contribution in [-0.2, 0) is 9.53 Å². The third-order valence-corrected chi connectivity index (χ3v) is 2.90. The zero-order valence-electron chi connectivity index (χ0n) is 8.80. The average molecular weight is 185 g/mol. The fourth-order valence-electron chi connectivity index (χ4n) is 1.75. The first-order chi connectivity index (χ1) is 6.14. The summed E-state index contributed by atoms with van der Waals surface area (Å²) < 4.78 is 4.69. The number of carbonyl (C=O) groups excluding carboxylic acids is 1. The van der Waals surface area contributed by atoms with Crippen molar-refractivity contribution in [3.05, 3.63) is 0 Å². The van der Waals surface area contributed by atoms with Crippen molar-refractivity contribution in [1.29, 1.82) is 0 Å². The molecule has 0 unspecified atom stereocenters. The highest BCUT2D eigenvalue weighted by atomic mass is 16.5. The van der Waals surface area contributed by atoms with Gasteiger partial charge in [-0.3, -0.25) is 4.79 Å². The minimum Gasteiger partial charge on any atom is -0.469 e. The van der Waals surface area contributed by atoms with Crippen LogP contribution in [0.1, 0.15) is 32.6 Å².